The molecule has 0 aromatic rings. The molecule has 0 aromatic heterocycles. The summed E-state index contributed by atoms with van der Waals surface area (Å²) < 4.78 is 0. The van der Waals surface area contributed by atoms with Gasteiger partial charge >= 0.3 is 0 Å². The molecule has 0 aliphatic heterocycles. The molecule has 2 rings (SSSR count). The largest absolute Gasteiger partial charge is 0.312 e. The van der Waals surface area contributed by atoms with Crippen molar-refractivity contribution in [2.24, 2.45) is 11.8 Å². The summed E-state index contributed by atoms with van der Waals surface area (Å²) in [4.78, 5) is 2.56. The van der Waals surface area contributed by atoms with Crippen LogP contribution in [0.3, 0.4) is 0 Å². The second-order valence-corrected chi connectivity index (χ2v) is 7.66. The minimum atomic E-state index is 0.431. The topological polar surface area (TPSA) is 15.3 Å². The van der Waals surface area contributed by atoms with Crippen molar-refractivity contribution in [1.82, 2.24) is 10.2 Å². The zero-order chi connectivity index (χ0) is 14.6. The quantitative estimate of drug-likeness (QED) is 0.789. The van der Waals surface area contributed by atoms with Crippen LogP contribution in [0.5, 0.6) is 0 Å². The highest BCUT2D eigenvalue weighted by atomic mass is 15.2. The average molecular weight is 280 g/mol. The molecule has 1 atom stereocenters. The van der Waals surface area contributed by atoms with Gasteiger partial charge in [-0.15, -0.1) is 0 Å². The Morgan fingerprint density at radius 3 is 2.20 bits per heavy atom. The van der Waals surface area contributed by atoms with Crippen molar-refractivity contribution in [1.29, 1.82) is 0 Å². The standard InChI is InChI=1S/C18H36N2/c1-5-14-19-17(16-10-8-15(2)9-11-16)18(20(3)4)12-6-7-13-18/h15-17,19H,5-14H2,1-4H3. The van der Waals surface area contributed by atoms with E-state index in [0.717, 1.165) is 11.8 Å². The predicted molar refractivity (Wildman–Crippen MR) is 88.1 cm³/mol. The minimum Gasteiger partial charge on any atom is -0.312 e. The number of likely N-dealkylation sites (N-methyl/N-ethyl adjacent to an activating group) is 1. The lowest BCUT2D eigenvalue weighted by Gasteiger charge is -2.48. The molecule has 0 heterocycles. The lowest BCUT2D eigenvalue weighted by atomic mass is 9.71. The van der Waals surface area contributed by atoms with Crippen LogP contribution >= 0.6 is 0 Å². The fourth-order valence-corrected chi connectivity index (χ4v) is 4.74. The minimum absolute atomic E-state index is 0.431. The van der Waals surface area contributed by atoms with Crippen molar-refractivity contribution in [2.75, 3.05) is 20.6 Å². The summed E-state index contributed by atoms with van der Waals surface area (Å²) in [5.74, 6) is 1.86. The van der Waals surface area contributed by atoms with E-state index in [1.165, 1.54) is 64.3 Å². The maximum absolute atomic E-state index is 3.98. The molecule has 118 valence electrons. The number of nitrogens with zero attached hydrogens (tertiary/aromatic N) is 1. The Balaban J connectivity index is 2.12. The third-order valence-corrected chi connectivity index (χ3v) is 6.09. The van der Waals surface area contributed by atoms with Crippen molar-refractivity contribution in [3.8, 4) is 0 Å². The van der Waals surface area contributed by atoms with Crippen LogP contribution in [0.15, 0.2) is 0 Å². The monoisotopic (exact) mass is 280 g/mol. The zero-order valence-electron chi connectivity index (χ0n) is 14.3. The van der Waals surface area contributed by atoms with Gasteiger partial charge in [-0.25, -0.2) is 0 Å². The fraction of sp³-hybridized carbons (Fsp3) is 1.00. The highest BCUT2D eigenvalue weighted by Crippen LogP contribution is 2.43. The summed E-state index contributed by atoms with van der Waals surface area (Å²) in [7, 11) is 4.63. The Hall–Kier alpha value is -0.0800. The van der Waals surface area contributed by atoms with Gasteiger partial charge in [0.2, 0.25) is 0 Å². The maximum atomic E-state index is 3.98. The van der Waals surface area contributed by atoms with E-state index < -0.39 is 0 Å². The van der Waals surface area contributed by atoms with E-state index in [4.69, 9.17) is 0 Å². The van der Waals surface area contributed by atoms with Crippen LogP contribution in [0.4, 0.5) is 0 Å². The molecule has 0 amide bonds. The Morgan fingerprint density at radius 2 is 1.70 bits per heavy atom. The molecule has 0 aromatic carbocycles. The third kappa shape index (κ3) is 3.39. The lowest BCUT2D eigenvalue weighted by Crippen LogP contribution is -2.61. The van der Waals surface area contributed by atoms with Gasteiger partial charge in [-0.1, -0.05) is 39.5 Å². The first-order valence-corrected chi connectivity index (χ1v) is 9.01. The van der Waals surface area contributed by atoms with Crippen molar-refractivity contribution in [3.63, 3.8) is 0 Å². The van der Waals surface area contributed by atoms with Gasteiger partial charge < -0.3 is 10.2 Å². The van der Waals surface area contributed by atoms with Gasteiger partial charge in [0, 0.05) is 11.6 Å². The highest BCUT2D eigenvalue weighted by molar-refractivity contribution is 5.05. The number of hydrogen-bond acceptors (Lipinski definition) is 2. The molecule has 0 saturated heterocycles. The molecule has 2 aliphatic rings. The Kier molecular flexibility index (Phi) is 5.92. The maximum Gasteiger partial charge on any atom is 0.0359 e. The molecule has 20 heavy (non-hydrogen) atoms. The van der Waals surface area contributed by atoms with Gasteiger partial charge in [-0.3, -0.25) is 0 Å². The SMILES string of the molecule is CCCNC(C1CCC(C)CC1)C1(N(C)C)CCCC1. The normalized spacial score (nSPS) is 31.6. The summed E-state index contributed by atoms with van der Waals surface area (Å²) in [6.07, 6.45) is 12.7. The lowest BCUT2D eigenvalue weighted by molar-refractivity contribution is 0.0564. The van der Waals surface area contributed by atoms with E-state index in [1.54, 1.807) is 0 Å². The van der Waals surface area contributed by atoms with Gasteiger partial charge in [-0.05, 0) is 64.6 Å². The first-order valence-electron chi connectivity index (χ1n) is 9.01. The molecule has 0 radical (unpaired) electrons. The van der Waals surface area contributed by atoms with Crippen LogP contribution in [-0.2, 0) is 0 Å². The molecule has 0 spiro atoms. The van der Waals surface area contributed by atoms with Crippen LogP contribution in [0, 0.1) is 11.8 Å². The van der Waals surface area contributed by atoms with Crippen LogP contribution < -0.4 is 5.32 Å². The van der Waals surface area contributed by atoms with Gasteiger partial charge in [0.25, 0.3) is 0 Å². The van der Waals surface area contributed by atoms with Crippen LogP contribution in [-0.4, -0.2) is 37.1 Å². The summed E-state index contributed by atoms with van der Waals surface area (Å²) in [5.41, 5.74) is 0.431. The summed E-state index contributed by atoms with van der Waals surface area (Å²) in [6, 6.07) is 0.715. The van der Waals surface area contributed by atoms with Gasteiger partial charge in [0.15, 0.2) is 0 Å². The van der Waals surface area contributed by atoms with Gasteiger partial charge in [0.05, 0.1) is 0 Å². The van der Waals surface area contributed by atoms with Crippen molar-refractivity contribution in [3.05, 3.63) is 0 Å². The molecule has 2 fully saturated rings. The first-order chi connectivity index (χ1) is 9.60. The van der Waals surface area contributed by atoms with E-state index >= 15 is 0 Å². The predicted octanol–water partition coefficient (Wildman–Crippen LogP) is 4.06. The van der Waals surface area contributed by atoms with Crippen molar-refractivity contribution in [2.45, 2.75) is 83.2 Å². The van der Waals surface area contributed by atoms with E-state index in [0.29, 0.717) is 11.6 Å². The Bertz CT molecular complexity index is 273. The van der Waals surface area contributed by atoms with E-state index in [2.05, 4.69) is 38.2 Å². The fourth-order valence-electron chi connectivity index (χ4n) is 4.74. The molecular weight excluding hydrogens is 244 g/mol. The number of rotatable bonds is 6. The first kappa shape index (κ1) is 16.3. The molecule has 1 unspecified atom stereocenters. The van der Waals surface area contributed by atoms with Crippen molar-refractivity contribution < 1.29 is 0 Å². The number of hydrogen-bond donors (Lipinski definition) is 1. The highest BCUT2D eigenvalue weighted by Gasteiger charge is 2.46. The average Bonchev–Trinajstić information content (AvgIpc) is 2.92. The Labute approximate surface area is 126 Å². The molecule has 2 heteroatoms. The smallest absolute Gasteiger partial charge is 0.0359 e. The second-order valence-electron chi connectivity index (χ2n) is 7.66. The van der Waals surface area contributed by atoms with Crippen molar-refractivity contribution >= 4 is 0 Å². The molecule has 2 nitrogen and oxygen atoms in total. The molecule has 0 bridgehead atoms. The Morgan fingerprint density at radius 1 is 1.10 bits per heavy atom. The summed E-state index contributed by atoms with van der Waals surface area (Å²) in [6.45, 7) is 5.91. The summed E-state index contributed by atoms with van der Waals surface area (Å²) in [5, 5.41) is 3.98. The molecular formula is C18H36N2. The molecule has 2 aliphatic carbocycles. The van der Waals surface area contributed by atoms with Crippen LogP contribution in [0.25, 0.3) is 0 Å². The second kappa shape index (κ2) is 7.26. The van der Waals surface area contributed by atoms with E-state index in [1.807, 2.05) is 0 Å². The molecule has 1 N–H and O–H groups in total. The van der Waals surface area contributed by atoms with Gasteiger partial charge in [-0.2, -0.15) is 0 Å². The zero-order valence-corrected chi connectivity index (χ0v) is 14.3. The molecule has 2 saturated carbocycles. The third-order valence-electron chi connectivity index (χ3n) is 6.09. The summed E-state index contributed by atoms with van der Waals surface area (Å²) >= 11 is 0. The number of nitrogens with one attached hydrogen (secondary N) is 1. The van der Waals surface area contributed by atoms with E-state index in [9.17, 15) is 0 Å². The van der Waals surface area contributed by atoms with Gasteiger partial charge in [0.1, 0.15) is 0 Å². The van der Waals surface area contributed by atoms with E-state index in [-0.39, 0.29) is 0 Å². The van der Waals surface area contributed by atoms with Crippen LogP contribution in [0.2, 0.25) is 0 Å². The van der Waals surface area contributed by atoms with Crippen LogP contribution in [0.1, 0.15) is 71.6 Å².